The van der Waals surface area contributed by atoms with Crippen molar-refractivity contribution in [3.8, 4) is 0 Å². The van der Waals surface area contributed by atoms with Crippen LogP contribution in [0.15, 0.2) is 0 Å². The molecule has 0 amide bonds. The number of aliphatic hydroxyl groups excluding tert-OH is 1. The van der Waals surface area contributed by atoms with Crippen molar-refractivity contribution >= 4 is 9.84 Å². The van der Waals surface area contributed by atoms with Crippen LogP contribution in [0.1, 0.15) is 47.0 Å². The summed E-state index contributed by atoms with van der Waals surface area (Å²) in [6.07, 6.45) is 3.01. The van der Waals surface area contributed by atoms with Gasteiger partial charge in [0.15, 0.2) is 9.84 Å². The van der Waals surface area contributed by atoms with Gasteiger partial charge in [0.05, 0.1) is 18.1 Å². The Morgan fingerprint density at radius 3 is 2.57 bits per heavy atom. The van der Waals surface area contributed by atoms with Gasteiger partial charge in [-0.1, -0.05) is 20.3 Å². The zero-order valence-corrected chi connectivity index (χ0v) is 14.7. The molecule has 1 heterocycles. The lowest BCUT2D eigenvalue weighted by molar-refractivity contribution is 0.150. The number of hydrogen-bond donors (Lipinski definition) is 2. The molecular formula is C15H32N2O3S. The Morgan fingerprint density at radius 2 is 2.05 bits per heavy atom. The van der Waals surface area contributed by atoms with Crippen molar-refractivity contribution in [3.63, 3.8) is 0 Å². The van der Waals surface area contributed by atoms with Gasteiger partial charge in [-0.3, -0.25) is 4.90 Å². The second kappa shape index (κ2) is 7.90. The van der Waals surface area contributed by atoms with Crippen molar-refractivity contribution in [3.05, 3.63) is 0 Å². The van der Waals surface area contributed by atoms with E-state index in [-0.39, 0.29) is 23.9 Å². The summed E-state index contributed by atoms with van der Waals surface area (Å²) in [6, 6.07) is 0.483. The molecule has 2 unspecified atom stereocenters. The molecule has 0 aliphatic carbocycles. The van der Waals surface area contributed by atoms with Gasteiger partial charge in [0, 0.05) is 24.2 Å². The molecule has 2 N–H and O–H groups in total. The second-order valence-electron chi connectivity index (χ2n) is 6.97. The molecule has 0 aromatic heterocycles. The highest BCUT2D eigenvalue weighted by atomic mass is 32.2. The fourth-order valence-corrected chi connectivity index (χ4v) is 4.71. The van der Waals surface area contributed by atoms with Gasteiger partial charge < -0.3 is 10.4 Å². The number of rotatable bonds is 8. The van der Waals surface area contributed by atoms with E-state index in [4.69, 9.17) is 0 Å². The van der Waals surface area contributed by atoms with E-state index in [0.29, 0.717) is 18.3 Å². The second-order valence-corrected chi connectivity index (χ2v) is 9.20. The van der Waals surface area contributed by atoms with Crippen molar-refractivity contribution in [2.45, 2.75) is 64.6 Å². The van der Waals surface area contributed by atoms with Crippen molar-refractivity contribution in [2.24, 2.45) is 0 Å². The average molecular weight is 320 g/mol. The van der Waals surface area contributed by atoms with Gasteiger partial charge >= 0.3 is 0 Å². The first kappa shape index (κ1) is 18.9. The molecule has 0 aromatic carbocycles. The number of nitrogens with zero attached hydrogens (tertiary/aromatic N) is 1. The predicted molar refractivity (Wildman–Crippen MR) is 87.3 cm³/mol. The minimum atomic E-state index is -2.82. The molecule has 0 spiro atoms. The van der Waals surface area contributed by atoms with E-state index >= 15 is 0 Å². The maximum atomic E-state index is 11.5. The Balaban J connectivity index is 2.31. The van der Waals surface area contributed by atoms with E-state index in [1.165, 1.54) is 0 Å². The van der Waals surface area contributed by atoms with Crippen LogP contribution in [0.5, 0.6) is 0 Å². The molecule has 2 atom stereocenters. The summed E-state index contributed by atoms with van der Waals surface area (Å²) in [5.74, 6) is 0.580. The first-order valence-electron chi connectivity index (χ1n) is 8.00. The smallest absolute Gasteiger partial charge is 0.153 e. The van der Waals surface area contributed by atoms with Gasteiger partial charge in [-0.05, 0) is 33.2 Å². The Kier molecular flexibility index (Phi) is 7.10. The number of hydrogen-bond acceptors (Lipinski definition) is 5. The third kappa shape index (κ3) is 6.63. The van der Waals surface area contributed by atoms with Crippen LogP contribution in [0.4, 0.5) is 0 Å². The number of nitrogens with one attached hydrogen (secondary N) is 1. The van der Waals surface area contributed by atoms with Crippen molar-refractivity contribution < 1.29 is 13.5 Å². The molecule has 6 heteroatoms. The highest BCUT2D eigenvalue weighted by Crippen LogP contribution is 2.17. The zero-order chi connectivity index (χ0) is 16.1. The van der Waals surface area contributed by atoms with Crippen LogP contribution in [0.2, 0.25) is 0 Å². The van der Waals surface area contributed by atoms with Crippen LogP contribution < -0.4 is 5.32 Å². The zero-order valence-electron chi connectivity index (χ0n) is 13.9. The molecule has 1 aliphatic heterocycles. The third-order valence-corrected chi connectivity index (χ3v) is 6.01. The maximum absolute atomic E-state index is 11.5. The summed E-state index contributed by atoms with van der Waals surface area (Å²) in [5.41, 5.74) is -0.217. The van der Waals surface area contributed by atoms with Gasteiger partial charge in [-0.25, -0.2) is 8.42 Å². The summed E-state index contributed by atoms with van der Waals surface area (Å²) in [4.78, 5) is 2.27. The van der Waals surface area contributed by atoms with Crippen LogP contribution in [0.25, 0.3) is 0 Å². The molecule has 5 nitrogen and oxygen atoms in total. The molecule has 0 aromatic rings. The fraction of sp³-hybridized carbons (Fsp3) is 1.00. The molecule has 0 radical (unpaired) electrons. The first-order valence-corrected chi connectivity index (χ1v) is 9.83. The minimum Gasteiger partial charge on any atom is -0.394 e. The Hall–Kier alpha value is -0.170. The molecule has 21 heavy (non-hydrogen) atoms. The summed E-state index contributed by atoms with van der Waals surface area (Å²) >= 11 is 0. The van der Waals surface area contributed by atoms with Crippen LogP contribution in [-0.4, -0.2) is 67.2 Å². The predicted octanol–water partition coefficient (Wildman–Crippen LogP) is 1.02. The van der Waals surface area contributed by atoms with E-state index in [1.807, 2.05) is 6.92 Å². The van der Waals surface area contributed by atoms with E-state index in [1.54, 1.807) is 0 Å². The quantitative estimate of drug-likeness (QED) is 0.654. The van der Waals surface area contributed by atoms with Crippen LogP contribution in [0, 0.1) is 0 Å². The van der Waals surface area contributed by atoms with Gasteiger partial charge in [-0.2, -0.15) is 0 Å². The van der Waals surface area contributed by atoms with Crippen molar-refractivity contribution in [1.82, 2.24) is 10.2 Å². The normalized spacial score (nSPS) is 25.9. The molecule has 0 bridgehead atoms. The SMILES string of the molecule is CC(C)NC(C)(CO)CCCCN1CCS(=O)(=O)CC1C. The lowest BCUT2D eigenvalue weighted by Gasteiger charge is -2.34. The molecule has 1 aliphatic rings. The number of unbranched alkanes of at least 4 members (excludes halogenated alkanes) is 1. The Morgan fingerprint density at radius 1 is 1.38 bits per heavy atom. The highest BCUT2D eigenvalue weighted by molar-refractivity contribution is 7.91. The van der Waals surface area contributed by atoms with E-state index < -0.39 is 9.84 Å². The van der Waals surface area contributed by atoms with Crippen LogP contribution >= 0.6 is 0 Å². The molecule has 1 rings (SSSR count). The largest absolute Gasteiger partial charge is 0.394 e. The van der Waals surface area contributed by atoms with Crippen molar-refractivity contribution in [1.29, 1.82) is 0 Å². The standard InChI is InChI=1S/C15H32N2O3S/c1-13(2)16-15(4,12-18)7-5-6-8-17-9-10-21(19,20)11-14(17)3/h13-14,16,18H,5-12H2,1-4H3. The Bertz CT molecular complexity index is 411. The summed E-state index contributed by atoms with van der Waals surface area (Å²) in [7, 11) is -2.82. The van der Waals surface area contributed by atoms with Crippen LogP contribution in [0.3, 0.4) is 0 Å². The summed E-state index contributed by atoms with van der Waals surface area (Å²) in [5, 5.41) is 13.0. The van der Waals surface area contributed by atoms with Gasteiger partial charge in [0.2, 0.25) is 0 Å². The maximum Gasteiger partial charge on any atom is 0.153 e. The molecular weight excluding hydrogens is 288 g/mol. The average Bonchev–Trinajstić information content (AvgIpc) is 2.35. The monoisotopic (exact) mass is 320 g/mol. The Labute approximate surface area is 130 Å². The topological polar surface area (TPSA) is 69.6 Å². The van der Waals surface area contributed by atoms with Gasteiger partial charge in [0.1, 0.15) is 0 Å². The fourth-order valence-electron chi connectivity index (χ4n) is 3.09. The van der Waals surface area contributed by atoms with Crippen LogP contribution in [-0.2, 0) is 9.84 Å². The lowest BCUT2D eigenvalue weighted by atomic mass is 9.94. The summed E-state index contributed by atoms with van der Waals surface area (Å²) in [6.45, 7) is 9.97. The van der Waals surface area contributed by atoms with E-state index in [0.717, 1.165) is 25.8 Å². The molecule has 1 fully saturated rings. The summed E-state index contributed by atoms with van der Waals surface area (Å²) < 4.78 is 23.1. The van der Waals surface area contributed by atoms with Gasteiger partial charge in [-0.15, -0.1) is 0 Å². The lowest BCUT2D eigenvalue weighted by Crippen LogP contribution is -2.49. The van der Waals surface area contributed by atoms with E-state index in [2.05, 4.69) is 31.0 Å². The molecule has 1 saturated heterocycles. The number of aliphatic hydroxyl groups is 1. The molecule has 126 valence electrons. The number of sulfone groups is 1. The van der Waals surface area contributed by atoms with Gasteiger partial charge in [0.25, 0.3) is 0 Å². The molecule has 0 saturated carbocycles. The van der Waals surface area contributed by atoms with Crippen molar-refractivity contribution in [2.75, 3.05) is 31.2 Å². The minimum absolute atomic E-state index is 0.127. The first-order chi connectivity index (χ1) is 9.67. The third-order valence-electron chi connectivity index (χ3n) is 4.22. The van der Waals surface area contributed by atoms with E-state index in [9.17, 15) is 13.5 Å². The highest BCUT2D eigenvalue weighted by Gasteiger charge is 2.28.